The molecule has 0 aromatic rings. The van der Waals surface area contributed by atoms with Gasteiger partial charge in [0.05, 0.1) is 14.2 Å². The molecular formula is C6H6MgO8. The van der Waals surface area contributed by atoms with Crippen molar-refractivity contribution in [3.63, 3.8) is 0 Å². The van der Waals surface area contributed by atoms with Crippen LogP contribution in [0.2, 0.25) is 0 Å². The van der Waals surface area contributed by atoms with E-state index in [1.165, 1.54) is 0 Å². The third-order valence-corrected chi connectivity index (χ3v) is 0.704. The maximum absolute atomic E-state index is 9.63. The van der Waals surface area contributed by atoms with Crippen LogP contribution in [0.15, 0.2) is 0 Å². The van der Waals surface area contributed by atoms with Crippen molar-refractivity contribution in [1.82, 2.24) is 0 Å². The van der Waals surface area contributed by atoms with E-state index in [2.05, 4.69) is 9.47 Å². The van der Waals surface area contributed by atoms with E-state index in [1.54, 1.807) is 0 Å². The van der Waals surface area contributed by atoms with Gasteiger partial charge in [0, 0.05) is 0 Å². The molecule has 0 bridgehead atoms. The van der Waals surface area contributed by atoms with Crippen LogP contribution >= 0.6 is 0 Å². The average Bonchev–Trinajstić information content (AvgIpc) is 2.15. The zero-order chi connectivity index (χ0) is 11.7. The van der Waals surface area contributed by atoms with E-state index < -0.39 is 23.9 Å². The number of carbonyl (C=O) groups is 4. The van der Waals surface area contributed by atoms with Crippen molar-refractivity contribution in [2.45, 2.75) is 0 Å². The maximum Gasteiger partial charge on any atom is 2.00 e. The van der Waals surface area contributed by atoms with Gasteiger partial charge in [-0.05, 0) is 0 Å². The average molecular weight is 230 g/mol. The number of methoxy groups -OCH3 is 2. The second kappa shape index (κ2) is 10.7. The van der Waals surface area contributed by atoms with Gasteiger partial charge in [0.25, 0.3) is 0 Å². The first-order chi connectivity index (χ1) is 6.36. The van der Waals surface area contributed by atoms with E-state index in [9.17, 15) is 29.4 Å². The van der Waals surface area contributed by atoms with Crippen LogP contribution in [0.25, 0.3) is 0 Å². The second-order valence-electron chi connectivity index (χ2n) is 1.56. The normalized spacial score (nSPS) is 7.07. The summed E-state index contributed by atoms with van der Waals surface area (Å²) in [7, 11) is 1.94. The van der Waals surface area contributed by atoms with Crippen molar-refractivity contribution in [2.24, 2.45) is 0 Å². The fourth-order valence-corrected chi connectivity index (χ4v) is 0.167. The molecule has 8 nitrogen and oxygen atoms in total. The Morgan fingerprint density at radius 1 is 0.800 bits per heavy atom. The summed E-state index contributed by atoms with van der Waals surface area (Å²) >= 11 is 0. The quantitative estimate of drug-likeness (QED) is 0.231. The SMILES string of the molecule is COC(=O)C(=O)[O-].COC(=O)C(=O)[O-].[Mg+2]. The van der Waals surface area contributed by atoms with Gasteiger partial charge in [-0.3, -0.25) is 0 Å². The van der Waals surface area contributed by atoms with Gasteiger partial charge >= 0.3 is 35.0 Å². The Morgan fingerprint density at radius 2 is 1.00 bits per heavy atom. The molecule has 0 saturated heterocycles. The smallest absolute Gasteiger partial charge is 0.539 e. The van der Waals surface area contributed by atoms with Gasteiger partial charge in [-0.2, -0.15) is 0 Å². The summed E-state index contributed by atoms with van der Waals surface area (Å²) in [6, 6.07) is 0. The molecule has 0 radical (unpaired) electrons. The third-order valence-electron chi connectivity index (χ3n) is 0.704. The molecule has 0 heterocycles. The molecule has 0 aromatic carbocycles. The predicted octanol–water partition coefficient (Wildman–Crippen LogP) is -4.56. The fraction of sp³-hybridized carbons (Fsp3) is 0.333. The van der Waals surface area contributed by atoms with Gasteiger partial charge < -0.3 is 29.3 Å². The van der Waals surface area contributed by atoms with Crippen molar-refractivity contribution in [1.29, 1.82) is 0 Å². The molecule has 0 aliphatic heterocycles. The molecule has 0 unspecified atom stereocenters. The Bertz CT molecular complexity index is 222. The summed E-state index contributed by atoms with van der Waals surface area (Å²) in [6.07, 6.45) is 0. The summed E-state index contributed by atoms with van der Waals surface area (Å²) in [5.74, 6) is -6.33. The van der Waals surface area contributed by atoms with E-state index in [0.29, 0.717) is 0 Å². The first-order valence-electron chi connectivity index (χ1n) is 2.95. The van der Waals surface area contributed by atoms with Crippen molar-refractivity contribution in [3.8, 4) is 0 Å². The molecule has 0 saturated carbocycles. The fourth-order valence-electron chi connectivity index (χ4n) is 0.167. The number of ether oxygens (including phenoxy) is 2. The largest absolute Gasteiger partial charge is 2.00 e. The Morgan fingerprint density at radius 3 is 1.00 bits per heavy atom. The predicted molar refractivity (Wildman–Crippen MR) is 39.8 cm³/mol. The molecule has 0 aliphatic rings. The third kappa shape index (κ3) is 12.6. The first kappa shape index (κ1) is 19.3. The van der Waals surface area contributed by atoms with Gasteiger partial charge in [0.15, 0.2) is 11.9 Å². The van der Waals surface area contributed by atoms with Gasteiger partial charge in [-0.1, -0.05) is 0 Å². The van der Waals surface area contributed by atoms with Crippen LogP contribution in [-0.2, 0) is 28.7 Å². The van der Waals surface area contributed by atoms with Gasteiger partial charge in [0.2, 0.25) is 0 Å². The number of carboxylic acids is 2. The van der Waals surface area contributed by atoms with Crippen molar-refractivity contribution >= 4 is 46.9 Å². The summed E-state index contributed by atoms with van der Waals surface area (Å²) in [6.45, 7) is 0. The Hall–Kier alpha value is -1.35. The number of carbonyl (C=O) groups excluding carboxylic acids is 4. The number of rotatable bonds is 0. The van der Waals surface area contributed by atoms with Gasteiger partial charge in [-0.25, -0.2) is 9.59 Å². The van der Waals surface area contributed by atoms with Crippen LogP contribution in [0.4, 0.5) is 0 Å². The number of aliphatic carboxylic acids is 2. The number of esters is 2. The van der Waals surface area contributed by atoms with Crippen molar-refractivity contribution in [3.05, 3.63) is 0 Å². The summed E-state index contributed by atoms with van der Waals surface area (Å²) in [4.78, 5) is 37.9. The molecule has 0 aliphatic carbocycles. The second-order valence-corrected chi connectivity index (χ2v) is 1.56. The van der Waals surface area contributed by atoms with E-state index >= 15 is 0 Å². The molecule has 9 heteroatoms. The minimum Gasteiger partial charge on any atom is -0.539 e. The Balaban J connectivity index is -0.000000180. The van der Waals surface area contributed by atoms with E-state index in [-0.39, 0.29) is 23.1 Å². The van der Waals surface area contributed by atoms with Gasteiger partial charge in [0.1, 0.15) is 0 Å². The summed E-state index contributed by atoms with van der Waals surface area (Å²) in [5.41, 5.74) is 0. The van der Waals surface area contributed by atoms with Crippen LogP contribution in [-0.4, -0.2) is 61.1 Å². The van der Waals surface area contributed by atoms with Crippen LogP contribution in [0.1, 0.15) is 0 Å². The molecule has 0 atom stereocenters. The molecule has 0 aromatic heterocycles. The molecule has 0 amide bonds. The Labute approximate surface area is 100 Å². The molecular weight excluding hydrogens is 224 g/mol. The maximum atomic E-state index is 9.63. The van der Waals surface area contributed by atoms with Crippen LogP contribution < -0.4 is 10.2 Å². The Kier molecular flexibility index (Phi) is 13.8. The van der Waals surface area contributed by atoms with Gasteiger partial charge in [-0.15, -0.1) is 0 Å². The van der Waals surface area contributed by atoms with Crippen LogP contribution in [0, 0.1) is 0 Å². The molecule has 0 N–H and O–H groups in total. The van der Waals surface area contributed by atoms with E-state index in [0.717, 1.165) is 14.2 Å². The minimum atomic E-state index is -1.82. The monoisotopic (exact) mass is 230 g/mol. The number of hydrogen-bond acceptors (Lipinski definition) is 8. The zero-order valence-corrected chi connectivity index (χ0v) is 9.39. The molecule has 80 valence electrons. The molecule has 0 spiro atoms. The minimum absolute atomic E-state index is 0. The molecule has 15 heavy (non-hydrogen) atoms. The number of hydrogen-bond donors (Lipinski definition) is 0. The molecule has 0 rings (SSSR count). The zero-order valence-electron chi connectivity index (χ0n) is 7.97. The van der Waals surface area contributed by atoms with Crippen molar-refractivity contribution < 1.29 is 38.9 Å². The van der Waals surface area contributed by atoms with Crippen LogP contribution in [0.5, 0.6) is 0 Å². The van der Waals surface area contributed by atoms with E-state index in [4.69, 9.17) is 0 Å². The van der Waals surface area contributed by atoms with Crippen LogP contribution in [0.3, 0.4) is 0 Å². The topological polar surface area (TPSA) is 133 Å². The first-order valence-corrected chi connectivity index (χ1v) is 2.95. The van der Waals surface area contributed by atoms with E-state index in [1.807, 2.05) is 0 Å². The summed E-state index contributed by atoms with van der Waals surface area (Å²) in [5, 5.41) is 18.7. The standard InChI is InChI=1S/2C3H4O4.Mg/c2*1-7-3(6)2(4)5;/h2*1H3,(H,4,5);/q;;+2/p-2. The summed E-state index contributed by atoms with van der Waals surface area (Å²) < 4.78 is 7.42. The van der Waals surface area contributed by atoms with Crippen molar-refractivity contribution in [2.75, 3.05) is 14.2 Å². The molecule has 0 fully saturated rings. The number of carboxylic acid groups (broad SMARTS) is 2.